The smallest absolute Gasteiger partial charge is 0.338 e. The number of ether oxygens (including phenoxy) is 1. The van der Waals surface area contributed by atoms with Crippen LogP contribution < -0.4 is 10.6 Å². The molecule has 0 spiro atoms. The van der Waals surface area contributed by atoms with Crippen molar-refractivity contribution < 1.29 is 24.4 Å². The quantitative estimate of drug-likeness (QED) is 0.428. The van der Waals surface area contributed by atoms with Gasteiger partial charge in [-0.1, -0.05) is 13.0 Å². The molecule has 0 unspecified atom stereocenters. The standard InChI is InChI=1S/C15H17N3O6/c1-3-6-24-14(20)12-8(2)16-15(21)17-13(12)9-4-5-11(19)10(7-9)18(22)23/h4-5,7,13,19H,3,6H2,1-2H3,(H2,16,17,21)/t13-/m0/s1. The molecule has 0 radical (unpaired) electrons. The highest BCUT2D eigenvalue weighted by atomic mass is 16.6. The van der Waals surface area contributed by atoms with Crippen molar-refractivity contribution in [3.63, 3.8) is 0 Å². The highest BCUT2D eigenvalue weighted by Gasteiger charge is 2.33. The summed E-state index contributed by atoms with van der Waals surface area (Å²) in [4.78, 5) is 34.3. The second-order valence-electron chi connectivity index (χ2n) is 5.21. The number of aromatic hydroxyl groups is 1. The molecule has 128 valence electrons. The lowest BCUT2D eigenvalue weighted by atomic mass is 9.95. The Morgan fingerprint density at radius 3 is 2.79 bits per heavy atom. The van der Waals surface area contributed by atoms with E-state index in [4.69, 9.17) is 4.74 Å². The number of carbonyl (C=O) groups is 2. The van der Waals surface area contributed by atoms with Gasteiger partial charge in [-0.05, 0) is 25.0 Å². The van der Waals surface area contributed by atoms with Gasteiger partial charge in [-0.15, -0.1) is 0 Å². The van der Waals surface area contributed by atoms with Crippen molar-refractivity contribution in [1.29, 1.82) is 0 Å². The van der Waals surface area contributed by atoms with Gasteiger partial charge < -0.3 is 20.5 Å². The second kappa shape index (κ2) is 6.99. The molecule has 0 aliphatic carbocycles. The first-order valence-electron chi connectivity index (χ1n) is 7.27. The molecular weight excluding hydrogens is 318 g/mol. The molecule has 3 N–H and O–H groups in total. The molecule has 0 saturated carbocycles. The first-order chi connectivity index (χ1) is 11.3. The van der Waals surface area contributed by atoms with Crippen molar-refractivity contribution in [3.8, 4) is 5.75 Å². The van der Waals surface area contributed by atoms with Gasteiger partial charge in [0, 0.05) is 11.8 Å². The SMILES string of the molecule is CCCOC(=O)C1=C(C)NC(=O)N[C@H]1c1ccc(O)c([N+](=O)[O-])c1. The third kappa shape index (κ3) is 3.45. The predicted octanol–water partition coefficient (Wildman–Crippen LogP) is 1.88. The average molecular weight is 335 g/mol. The molecule has 24 heavy (non-hydrogen) atoms. The number of allylic oxidation sites excluding steroid dienone is 1. The van der Waals surface area contributed by atoms with Gasteiger partial charge in [-0.3, -0.25) is 10.1 Å². The van der Waals surface area contributed by atoms with Crippen molar-refractivity contribution in [2.24, 2.45) is 0 Å². The minimum absolute atomic E-state index is 0.156. The van der Waals surface area contributed by atoms with Crippen molar-refractivity contribution >= 4 is 17.7 Å². The lowest BCUT2D eigenvalue weighted by Crippen LogP contribution is -2.45. The summed E-state index contributed by atoms with van der Waals surface area (Å²) < 4.78 is 5.12. The molecule has 0 saturated heterocycles. The summed E-state index contributed by atoms with van der Waals surface area (Å²) in [5, 5.41) is 25.6. The Morgan fingerprint density at radius 1 is 1.46 bits per heavy atom. The van der Waals surface area contributed by atoms with E-state index >= 15 is 0 Å². The van der Waals surface area contributed by atoms with E-state index in [1.807, 2.05) is 6.92 Å². The summed E-state index contributed by atoms with van der Waals surface area (Å²) >= 11 is 0. The number of nitrogens with zero attached hydrogens (tertiary/aromatic N) is 1. The summed E-state index contributed by atoms with van der Waals surface area (Å²) in [6, 6.07) is 2.21. The Kier molecular flexibility index (Phi) is 5.02. The summed E-state index contributed by atoms with van der Waals surface area (Å²) in [6.07, 6.45) is 0.632. The molecule has 0 aromatic heterocycles. The molecule has 0 bridgehead atoms. The van der Waals surface area contributed by atoms with Crippen molar-refractivity contribution in [1.82, 2.24) is 10.6 Å². The highest BCUT2D eigenvalue weighted by molar-refractivity contribution is 5.95. The van der Waals surface area contributed by atoms with Crippen molar-refractivity contribution in [3.05, 3.63) is 45.1 Å². The fourth-order valence-corrected chi connectivity index (χ4v) is 2.35. The van der Waals surface area contributed by atoms with Crippen LogP contribution >= 0.6 is 0 Å². The molecule has 1 aromatic rings. The lowest BCUT2D eigenvalue weighted by molar-refractivity contribution is -0.385. The predicted molar refractivity (Wildman–Crippen MR) is 83.1 cm³/mol. The van der Waals surface area contributed by atoms with E-state index in [1.165, 1.54) is 6.07 Å². The molecule has 1 aliphatic heterocycles. The summed E-state index contributed by atoms with van der Waals surface area (Å²) in [7, 11) is 0. The molecule has 1 aromatic carbocycles. The average Bonchev–Trinajstić information content (AvgIpc) is 2.52. The number of hydrogen-bond acceptors (Lipinski definition) is 6. The van der Waals surface area contributed by atoms with E-state index in [1.54, 1.807) is 6.92 Å². The number of phenols is 1. The maximum atomic E-state index is 12.3. The second-order valence-corrected chi connectivity index (χ2v) is 5.21. The normalized spacial score (nSPS) is 17.1. The summed E-state index contributed by atoms with van der Waals surface area (Å²) in [5.41, 5.74) is 0.236. The van der Waals surface area contributed by atoms with E-state index in [0.717, 1.165) is 12.1 Å². The summed E-state index contributed by atoms with van der Waals surface area (Å²) in [6.45, 7) is 3.60. The zero-order chi connectivity index (χ0) is 17.9. The van der Waals surface area contributed by atoms with Crippen LogP contribution in [0, 0.1) is 10.1 Å². The number of rotatable bonds is 5. The largest absolute Gasteiger partial charge is 0.502 e. The molecular formula is C15H17N3O6. The van der Waals surface area contributed by atoms with Crippen LogP contribution in [0.1, 0.15) is 31.9 Å². The van der Waals surface area contributed by atoms with Gasteiger partial charge >= 0.3 is 17.7 Å². The van der Waals surface area contributed by atoms with E-state index in [9.17, 15) is 24.8 Å². The number of nitrogens with one attached hydrogen (secondary N) is 2. The lowest BCUT2D eigenvalue weighted by Gasteiger charge is -2.28. The first-order valence-corrected chi connectivity index (χ1v) is 7.27. The maximum absolute atomic E-state index is 12.3. The monoisotopic (exact) mass is 335 g/mol. The Labute approximate surface area is 137 Å². The molecule has 1 aliphatic rings. The van der Waals surface area contributed by atoms with Gasteiger partial charge in [0.05, 0.1) is 23.1 Å². The third-order valence-corrected chi connectivity index (χ3v) is 3.46. The number of carbonyl (C=O) groups excluding carboxylic acids is 2. The van der Waals surface area contributed by atoms with E-state index in [-0.39, 0.29) is 17.7 Å². The zero-order valence-electron chi connectivity index (χ0n) is 13.2. The Morgan fingerprint density at radius 2 is 2.17 bits per heavy atom. The molecule has 0 fully saturated rings. The van der Waals surface area contributed by atoms with Gasteiger partial charge in [0.15, 0.2) is 5.75 Å². The van der Waals surface area contributed by atoms with E-state index < -0.39 is 34.4 Å². The van der Waals surface area contributed by atoms with Crippen molar-refractivity contribution in [2.75, 3.05) is 6.61 Å². The highest BCUT2D eigenvalue weighted by Crippen LogP contribution is 2.33. The summed E-state index contributed by atoms with van der Waals surface area (Å²) in [5.74, 6) is -1.12. The van der Waals surface area contributed by atoms with Gasteiger partial charge in [-0.25, -0.2) is 9.59 Å². The maximum Gasteiger partial charge on any atom is 0.338 e. The Bertz CT molecular complexity index is 728. The van der Waals surface area contributed by atoms with E-state index in [0.29, 0.717) is 12.1 Å². The van der Waals surface area contributed by atoms with Crippen LogP contribution in [0.4, 0.5) is 10.5 Å². The number of urea groups is 1. The van der Waals surface area contributed by atoms with Crippen LogP contribution in [0.2, 0.25) is 0 Å². The minimum atomic E-state index is -0.914. The Hall–Kier alpha value is -3.10. The van der Waals surface area contributed by atoms with Gasteiger partial charge in [0.25, 0.3) is 0 Å². The van der Waals surface area contributed by atoms with Crippen LogP contribution in [0.5, 0.6) is 5.75 Å². The fourth-order valence-electron chi connectivity index (χ4n) is 2.35. The molecule has 9 nitrogen and oxygen atoms in total. The number of hydrogen-bond donors (Lipinski definition) is 3. The third-order valence-electron chi connectivity index (χ3n) is 3.46. The zero-order valence-corrected chi connectivity index (χ0v) is 13.2. The van der Waals surface area contributed by atoms with Gasteiger partial charge in [0.2, 0.25) is 0 Å². The number of esters is 1. The van der Waals surface area contributed by atoms with Crippen LogP contribution in [0.15, 0.2) is 29.5 Å². The van der Waals surface area contributed by atoms with Gasteiger partial charge in [-0.2, -0.15) is 0 Å². The molecule has 2 rings (SSSR count). The van der Waals surface area contributed by atoms with E-state index in [2.05, 4.69) is 10.6 Å². The van der Waals surface area contributed by atoms with Crippen LogP contribution in [0.3, 0.4) is 0 Å². The number of amides is 2. The van der Waals surface area contributed by atoms with Crippen molar-refractivity contribution in [2.45, 2.75) is 26.3 Å². The molecule has 2 amide bonds. The fraction of sp³-hybridized carbons (Fsp3) is 0.333. The number of benzene rings is 1. The topological polar surface area (TPSA) is 131 Å². The number of nitro benzene ring substituents is 1. The molecule has 1 atom stereocenters. The van der Waals surface area contributed by atoms with Crippen LogP contribution in [-0.2, 0) is 9.53 Å². The van der Waals surface area contributed by atoms with Crippen LogP contribution in [-0.4, -0.2) is 28.6 Å². The Balaban J connectivity index is 2.47. The van der Waals surface area contributed by atoms with Gasteiger partial charge in [0.1, 0.15) is 0 Å². The molecule has 1 heterocycles. The number of phenolic OH excluding ortho intramolecular Hbond substituents is 1. The molecule has 9 heteroatoms. The van der Waals surface area contributed by atoms with Crippen LogP contribution in [0.25, 0.3) is 0 Å². The number of nitro groups is 1. The first kappa shape index (κ1) is 17.3. The minimum Gasteiger partial charge on any atom is -0.502 e.